The van der Waals surface area contributed by atoms with E-state index in [1.807, 2.05) is 18.2 Å². The van der Waals surface area contributed by atoms with E-state index in [9.17, 15) is 45.6 Å². The summed E-state index contributed by atoms with van der Waals surface area (Å²) in [7, 11) is 0. The molecule has 0 aromatic carbocycles. The summed E-state index contributed by atoms with van der Waals surface area (Å²) in [5, 5.41) is 86.9. The third kappa shape index (κ3) is 30.4. The summed E-state index contributed by atoms with van der Waals surface area (Å²) in [6.07, 6.45) is 45.7. The van der Waals surface area contributed by atoms with Crippen molar-refractivity contribution in [1.82, 2.24) is 5.32 Å². The first-order valence-corrected chi connectivity index (χ1v) is 28.1. The van der Waals surface area contributed by atoms with E-state index in [0.717, 1.165) is 64.2 Å². The molecular formula is C60H99NO13. The fraction of sp³-hybridized carbons (Fsp3) is 0.683. The first-order valence-electron chi connectivity index (χ1n) is 28.1. The van der Waals surface area contributed by atoms with E-state index in [4.69, 9.17) is 18.9 Å². The molecule has 9 N–H and O–H groups in total. The zero-order valence-electron chi connectivity index (χ0n) is 45.0. The number of amides is 1. The molecule has 12 unspecified atom stereocenters. The predicted octanol–water partition coefficient (Wildman–Crippen LogP) is 8.88. The normalized spacial score (nSPS) is 26.1. The van der Waals surface area contributed by atoms with Crippen molar-refractivity contribution in [1.29, 1.82) is 0 Å². The van der Waals surface area contributed by atoms with Crippen LogP contribution in [0.15, 0.2) is 109 Å². The van der Waals surface area contributed by atoms with Gasteiger partial charge in [0, 0.05) is 6.42 Å². The van der Waals surface area contributed by atoms with Gasteiger partial charge in [0.2, 0.25) is 5.91 Å². The van der Waals surface area contributed by atoms with Crippen LogP contribution in [0.25, 0.3) is 0 Å². The number of unbranched alkanes of at least 4 members (excludes halogenated alkanes) is 13. The molecule has 0 aromatic rings. The SMILES string of the molecule is CC/C=C\C/C=C\C/C=C\C/C=C\C/C=C\C/C=C\CCC(=O)NC(COC1OC(CO)C(OC2OC(CO)C(O)C(O)C2O)C(O)C1O)C(O)/C=C/CC/C=C/CC/C=C/CCCCCCCCCCCCC. The van der Waals surface area contributed by atoms with Crippen LogP contribution in [-0.4, -0.2) is 140 Å². The molecular weight excluding hydrogens is 943 g/mol. The Balaban J connectivity index is 1.87. The molecule has 2 heterocycles. The molecule has 0 spiro atoms. The van der Waals surface area contributed by atoms with E-state index >= 15 is 0 Å². The van der Waals surface area contributed by atoms with Crippen LogP contribution in [0.5, 0.6) is 0 Å². The molecule has 2 aliphatic heterocycles. The lowest BCUT2D eigenvalue weighted by Crippen LogP contribution is -2.65. The Kier molecular flexibility index (Phi) is 40.4. The summed E-state index contributed by atoms with van der Waals surface area (Å²) < 4.78 is 22.7. The number of allylic oxidation sites excluding steroid dienone is 17. The standard InChI is InChI=1S/C60H99NO13/c1-3-5-7-9-11-13-15-17-19-21-23-24-26-27-29-31-33-35-37-39-41-43-49(64)48(61-52(65)44-42-40-38-36-34-32-30-28-25-22-20-18-16-14-12-10-8-6-4-2)47-71-59-57(70)55(68)58(51(46-63)73-59)74-60-56(69)54(67)53(66)50(45-62)72-60/h6,8,12,14,18,20,25-28,32-35,38,40-41,43,48-51,53-60,62-64,66-70H,3-5,7,9-11,13,15-17,19,21-24,29-31,36-37,39,42,44-47H2,1-2H3,(H,61,65)/b8-6-,14-12-,20-18-,27-26+,28-25-,34-32-,35-33+,40-38-,43-41+. The second-order valence-electron chi connectivity index (χ2n) is 19.3. The maximum absolute atomic E-state index is 13.2. The Labute approximate surface area is 445 Å². The minimum absolute atomic E-state index is 0.138. The van der Waals surface area contributed by atoms with E-state index in [1.54, 1.807) is 6.08 Å². The summed E-state index contributed by atoms with van der Waals surface area (Å²) in [6.45, 7) is 2.58. The van der Waals surface area contributed by atoms with Gasteiger partial charge in [-0.15, -0.1) is 0 Å². The summed E-state index contributed by atoms with van der Waals surface area (Å²) in [6, 6.07) is -0.986. The average Bonchev–Trinajstić information content (AvgIpc) is 3.40. The zero-order chi connectivity index (χ0) is 53.9. The van der Waals surface area contributed by atoms with Gasteiger partial charge in [-0.05, 0) is 83.5 Å². The van der Waals surface area contributed by atoms with Gasteiger partial charge >= 0.3 is 0 Å². The molecule has 2 rings (SSSR count). The molecule has 0 aliphatic carbocycles. The summed E-state index contributed by atoms with van der Waals surface area (Å²) in [5.41, 5.74) is 0. The van der Waals surface area contributed by atoms with Gasteiger partial charge in [0.05, 0.1) is 32.0 Å². The van der Waals surface area contributed by atoms with Crippen LogP contribution >= 0.6 is 0 Å². The third-order valence-electron chi connectivity index (χ3n) is 12.9. The number of aliphatic hydroxyl groups excluding tert-OH is 8. The monoisotopic (exact) mass is 1040 g/mol. The van der Waals surface area contributed by atoms with Gasteiger partial charge < -0.3 is 65.1 Å². The number of rotatable bonds is 42. The lowest BCUT2D eigenvalue weighted by molar-refractivity contribution is -0.359. The van der Waals surface area contributed by atoms with Gasteiger partial charge in [-0.1, -0.05) is 187 Å². The van der Waals surface area contributed by atoms with Crippen molar-refractivity contribution in [3.05, 3.63) is 109 Å². The molecule has 2 saturated heterocycles. The summed E-state index contributed by atoms with van der Waals surface area (Å²) in [4.78, 5) is 13.2. The molecule has 14 heteroatoms. The number of nitrogens with one attached hydrogen (secondary N) is 1. The largest absolute Gasteiger partial charge is 0.394 e. The van der Waals surface area contributed by atoms with Crippen LogP contribution in [0, 0.1) is 0 Å². The van der Waals surface area contributed by atoms with Gasteiger partial charge in [0.25, 0.3) is 0 Å². The highest BCUT2D eigenvalue weighted by Crippen LogP contribution is 2.30. The van der Waals surface area contributed by atoms with Crippen molar-refractivity contribution < 1.29 is 64.6 Å². The molecule has 0 aromatic heterocycles. The second-order valence-corrected chi connectivity index (χ2v) is 19.3. The molecule has 74 heavy (non-hydrogen) atoms. The Bertz CT molecular complexity index is 1650. The molecule has 422 valence electrons. The number of hydrogen-bond donors (Lipinski definition) is 9. The van der Waals surface area contributed by atoms with Crippen molar-refractivity contribution in [3.8, 4) is 0 Å². The summed E-state index contributed by atoms with van der Waals surface area (Å²) in [5.74, 6) is -0.340. The predicted molar refractivity (Wildman–Crippen MR) is 295 cm³/mol. The fourth-order valence-corrected chi connectivity index (χ4v) is 8.40. The van der Waals surface area contributed by atoms with Gasteiger partial charge in [-0.3, -0.25) is 4.79 Å². The highest BCUT2D eigenvalue weighted by Gasteiger charge is 2.51. The van der Waals surface area contributed by atoms with E-state index in [0.29, 0.717) is 12.8 Å². The Morgan fingerprint density at radius 2 is 0.946 bits per heavy atom. The van der Waals surface area contributed by atoms with Gasteiger partial charge in [-0.25, -0.2) is 0 Å². The lowest BCUT2D eigenvalue weighted by atomic mass is 9.97. The van der Waals surface area contributed by atoms with Crippen LogP contribution in [0.2, 0.25) is 0 Å². The van der Waals surface area contributed by atoms with Crippen molar-refractivity contribution in [2.75, 3.05) is 19.8 Å². The molecule has 0 bridgehead atoms. The van der Waals surface area contributed by atoms with Crippen molar-refractivity contribution in [3.63, 3.8) is 0 Å². The second kappa shape index (κ2) is 44.7. The van der Waals surface area contributed by atoms with Gasteiger partial charge in [0.15, 0.2) is 12.6 Å². The lowest BCUT2D eigenvalue weighted by Gasteiger charge is -2.46. The first-order chi connectivity index (χ1) is 36.1. The van der Waals surface area contributed by atoms with Crippen LogP contribution in [-0.2, 0) is 23.7 Å². The Morgan fingerprint density at radius 1 is 0.500 bits per heavy atom. The zero-order valence-corrected chi connectivity index (χ0v) is 45.0. The molecule has 0 radical (unpaired) electrons. The molecule has 1 amide bonds. The number of aliphatic hydroxyl groups is 8. The smallest absolute Gasteiger partial charge is 0.220 e. The quantitative estimate of drug-likeness (QED) is 0.0206. The number of hydrogen-bond acceptors (Lipinski definition) is 13. The van der Waals surface area contributed by atoms with Gasteiger partial charge in [0.1, 0.15) is 48.8 Å². The van der Waals surface area contributed by atoms with E-state index in [2.05, 4.69) is 104 Å². The average molecular weight is 1040 g/mol. The fourth-order valence-electron chi connectivity index (χ4n) is 8.40. The maximum Gasteiger partial charge on any atom is 0.220 e. The highest BCUT2D eigenvalue weighted by molar-refractivity contribution is 5.76. The number of ether oxygens (including phenoxy) is 4. The number of carbonyl (C=O) groups is 1. The molecule has 2 aliphatic rings. The topological polar surface area (TPSA) is 228 Å². The Morgan fingerprint density at radius 3 is 1.47 bits per heavy atom. The van der Waals surface area contributed by atoms with Crippen LogP contribution < -0.4 is 5.32 Å². The Hall–Kier alpha value is -3.35. The minimum atomic E-state index is -1.80. The van der Waals surface area contributed by atoms with Crippen LogP contribution in [0.4, 0.5) is 0 Å². The molecule has 14 nitrogen and oxygen atoms in total. The van der Waals surface area contributed by atoms with E-state index in [1.165, 1.54) is 70.6 Å². The third-order valence-corrected chi connectivity index (χ3v) is 12.9. The maximum atomic E-state index is 13.2. The van der Waals surface area contributed by atoms with E-state index < -0.39 is 86.8 Å². The van der Waals surface area contributed by atoms with Gasteiger partial charge in [-0.2, -0.15) is 0 Å². The highest BCUT2D eigenvalue weighted by atomic mass is 16.7. The van der Waals surface area contributed by atoms with E-state index in [-0.39, 0.29) is 18.9 Å². The van der Waals surface area contributed by atoms with Crippen molar-refractivity contribution in [2.45, 2.75) is 242 Å². The first kappa shape index (κ1) is 66.8. The van der Waals surface area contributed by atoms with Crippen molar-refractivity contribution in [2.24, 2.45) is 0 Å². The van der Waals surface area contributed by atoms with Crippen molar-refractivity contribution >= 4 is 5.91 Å². The molecule has 2 fully saturated rings. The summed E-state index contributed by atoms with van der Waals surface area (Å²) >= 11 is 0. The molecule has 0 saturated carbocycles. The van der Waals surface area contributed by atoms with Crippen LogP contribution in [0.1, 0.15) is 168 Å². The van der Waals surface area contributed by atoms with Crippen LogP contribution in [0.3, 0.4) is 0 Å². The minimum Gasteiger partial charge on any atom is -0.394 e. The molecule has 12 atom stereocenters. The number of carbonyl (C=O) groups excluding carboxylic acids is 1.